The maximum absolute atomic E-state index is 13.1. The zero-order chi connectivity index (χ0) is 27.3. The molecular formula is C20H34N10O6. The van der Waals surface area contributed by atoms with Crippen LogP contribution in [-0.2, 0) is 30.4 Å². The van der Waals surface area contributed by atoms with Crippen LogP contribution in [0.4, 0.5) is 0 Å². The Bertz CT molecular complexity index is 929. The van der Waals surface area contributed by atoms with Gasteiger partial charge in [0.1, 0.15) is 18.1 Å². The van der Waals surface area contributed by atoms with Gasteiger partial charge in [-0.15, -0.1) is 0 Å². The van der Waals surface area contributed by atoms with Gasteiger partial charge < -0.3 is 49.0 Å². The topological polar surface area (TPSA) is 287 Å². The van der Waals surface area contributed by atoms with Crippen LogP contribution >= 0.6 is 0 Å². The molecular weight excluding hydrogens is 476 g/mol. The Morgan fingerprint density at radius 1 is 1.00 bits per heavy atom. The quantitative estimate of drug-likeness (QED) is 0.0592. The SMILES string of the molecule is CC(N)C(=O)NC(CCCN=C(N)N)C(=O)NC(Cc1cnc[nH]1)C(=O)NC(CCC(N)=O)C(=O)O. The Morgan fingerprint density at radius 2 is 1.61 bits per heavy atom. The van der Waals surface area contributed by atoms with Crippen LogP contribution in [0.5, 0.6) is 0 Å². The number of carbonyl (C=O) groups is 5. The molecule has 13 N–H and O–H groups in total. The average Bonchev–Trinajstić information content (AvgIpc) is 3.30. The minimum absolute atomic E-state index is 0.0678. The second kappa shape index (κ2) is 14.9. The lowest BCUT2D eigenvalue weighted by Crippen LogP contribution is -2.57. The van der Waals surface area contributed by atoms with Crippen molar-refractivity contribution in [1.29, 1.82) is 0 Å². The second-order valence-corrected chi connectivity index (χ2v) is 8.05. The number of amides is 4. The van der Waals surface area contributed by atoms with Crippen LogP contribution in [0.2, 0.25) is 0 Å². The van der Waals surface area contributed by atoms with E-state index in [2.05, 4.69) is 30.9 Å². The number of primary amides is 1. The Labute approximate surface area is 207 Å². The molecule has 1 heterocycles. The number of hydrogen-bond acceptors (Lipinski definition) is 8. The van der Waals surface area contributed by atoms with Crippen molar-refractivity contribution in [3.8, 4) is 0 Å². The normalized spacial score (nSPS) is 13.9. The molecule has 16 heteroatoms. The Balaban J connectivity index is 3.05. The van der Waals surface area contributed by atoms with Crippen molar-refractivity contribution < 1.29 is 29.1 Å². The number of H-pyrrole nitrogens is 1. The third-order valence-corrected chi connectivity index (χ3v) is 4.90. The van der Waals surface area contributed by atoms with Crippen LogP contribution in [0.1, 0.15) is 38.3 Å². The number of carbonyl (C=O) groups excluding carboxylic acids is 4. The van der Waals surface area contributed by atoms with Crippen molar-refractivity contribution in [2.45, 2.75) is 63.2 Å². The van der Waals surface area contributed by atoms with Gasteiger partial charge in [0.05, 0.1) is 12.4 Å². The van der Waals surface area contributed by atoms with Gasteiger partial charge in [-0.05, 0) is 26.2 Å². The fraction of sp³-hybridized carbons (Fsp3) is 0.550. The Kier molecular flexibility index (Phi) is 12.4. The third-order valence-electron chi connectivity index (χ3n) is 4.90. The van der Waals surface area contributed by atoms with Gasteiger partial charge in [0, 0.05) is 31.3 Å². The molecule has 0 saturated carbocycles. The molecule has 1 aromatic rings. The van der Waals surface area contributed by atoms with Gasteiger partial charge in [0.2, 0.25) is 23.6 Å². The van der Waals surface area contributed by atoms with E-state index in [1.54, 1.807) is 0 Å². The number of nitrogens with zero attached hydrogens (tertiary/aromatic N) is 2. The highest BCUT2D eigenvalue weighted by Crippen LogP contribution is 2.05. The van der Waals surface area contributed by atoms with E-state index in [4.69, 9.17) is 22.9 Å². The summed E-state index contributed by atoms with van der Waals surface area (Å²) >= 11 is 0. The lowest BCUT2D eigenvalue weighted by Gasteiger charge is -2.24. The van der Waals surface area contributed by atoms with Gasteiger partial charge in [-0.25, -0.2) is 9.78 Å². The Morgan fingerprint density at radius 3 is 2.14 bits per heavy atom. The van der Waals surface area contributed by atoms with Gasteiger partial charge in [-0.1, -0.05) is 0 Å². The molecule has 0 aliphatic heterocycles. The fourth-order valence-corrected chi connectivity index (χ4v) is 2.99. The summed E-state index contributed by atoms with van der Waals surface area (Å²) in [6, 6.07) is -4.65. The van der Waals surface area contributed by atoms with Gasteiger partial charge >= 0.3 is 5.97 Å². The van der Waals surface area contributed by atoms with E-state index in [0.717, 1.165) is 0 Å². The van der Waals surface area contributed by atoms with Crippen LogP contribution in [0, 0.1) is 0 Å². The van der Waals surface area contributed by atoms with Crippen LogP contribution in [0.3, 0.4) is 0 Å². The van der Waals surface area contributed by atoms with Crippen molar-refractivity contribution in [2.75, 3.05) is 6.54 Å². The number of aliphatic imine (C=N–C) groups is 1. The van der Waals surface area contributed by atoms with E-state index < -0.39 is 53.8 Å². The molecule has 36 heavy (non-hydrogen) atoms. The molecule has 4 atom stereocenters. The number of hydrogen-bond donors (Lipinski definition) is 9. The summed E-state index contributed by atoms with van der Waals surface area (Å²) < 4.78 is 0. The lowest BCUT2D eigenvalue weighted by atomic mass is 10.1. The molecule has 0 bridgehead atoms. The summed E-state index contributed by atoms with van der Waals surface area (Å²) in [5.74, 6) is -4.37. The lowest BCUT2D eigenvalue weighted by molar-refractivity contribution is -0.142. The number of carboxylic acids is 1. The molecule has 0 aliphatic rings. The van der Waals surface area contributed by atoms with Gasteiger partial charge in [0.25, 0.3) is 0 Å². The number of nitrogens with two attached hydrogens (primary N) is 4. The second-order valence-electron chi connectivity index (χ2n) is 8.05. The monoisotopic (exact) mass is 510 g/mol. The number of aromatic nitrogens is 2. The van der Waals surface area contributed by atoms with Gasteiger partial charge in [0.15, 0.2) is 5.96 Å². The standard InChI is InChI=1S/C20H34N10O6/c1-10(21)16(32)28-12(3-2-6-26-20(23)24)17(33)30-14(7-11-8-25-9-27-11)18(34)29-13(19(35)36)4-5-15(22)31/h8-10,12-14H,2-7,21H2,1H3,(H2,22,31)(H,25,27)(H,28,32)(H,29,34)(H,30,33)(H,35,36)(H4,23,24,26). The molecule has 0 aliphatic carbocycles. The number of aromatic amines is 1. The van der Waals surface area contributed by atoms with E-state index in [-0.39, 0.29) is 38.2 Å². The predicted molar refractivity (Wildman–Crippen MR) is 128 cm³/mol. The van der Waals surface area contributed by atoms with E-state index in [0.29, 0.717) is 12.1 Å². The largest absolute Gasteiger partial charge is 0.480 e. The van der Waals surface area contributed by atoms with Gasteiger partial charge in [-0.2, -0.15) is 0 Å². The maximum Gasteiger partial charge on any atom is 0.326 e. The molecule has 4 unspecified atom stereocenters. The molecule has 4 amide bonds. The van der Waals surface area contributed by atoms with E-state index in [1.807, 2.05) is 0 Å². The summed E-state index contributed by atoms with van der Waals surface area (Å²) in [6.45, 7) is 1.63. The van der Waals surface area contributed by atoms with E-state index >= 15 is 0 Å². The minimum atomic E-state index is -1.42. The molecule has 0 aromatic carbocycles. The molecule has 0 spiro atoms. The first-order chi connectivity index (χ1) is 16.9. The number of guanidine groups is 1. The first-order valence-corrected chi connectivity index (χ1v) is 11.1. The number of rotatable bonds is 16. The third kappa shape index (κ3) is 11.3. The number of aliphatic carboxylic acids is 1. The van der Waals surface area contributed by atoms with Crippen molar-refractivity contribution in [3.05, 3.63) is 18.2 Å². The van der Waals surface area contributed by atoms with Crippen molar-refractivity contribution in [3.63, 3.8) is 0 Å². The highest BCUT2D eigenvalue weighted by Gasteiger charge is 2.30. The smallest absolute Gasteiger partial charge is 0.326 e. The number of carboxylic acid groups (broad SMARTS) is 1. The molecule has 0 radical (unpaired) electrons. The highest BCUT2D eigenvalue weighted by molar-refractivity contribution is 5.94. The highest BCUT2D eigenvalue weighted by atomic mass is 16.4. The van der Waals surface area contributed by atoms with Crippen LogP contribution in [0.15, 0.2) is 17.5 Å². The van der Waals surface area contributed by atoms with Crippen molar-refractivity contribution >= 4 is 35.6 Å². The predicted octanol–water partition coefficient (Wildman–Crippen LogP) is -3.84. The van der Waals surface area contributed by atoms with E-state index in [1.165, 1.54) is 19.4 Å². The van der Waals surface area contributed by atoms with Crippen LogP contribution < -0.4 is 38.9 Å². The fourth-order valence-electron chi connectivity index (χ4n) is 2.99. The van der Waals surface area contributed by atoms with Crippen LogP contribution in [-0.4, -0.2) is 81.3 Å². The maximum atomic E-state index is 13.1. The summed E-state index contributed by atoms with van der Waals surface area (Å²) in [4.78, 5) is 71.2. The van der Waals surface area contributed by atoms with Crippen LogP contribution in [0.25, 0.3) is 0 Å². The molecule has 0 fully saturated rings. The zero-order valence-electron chi connectivity index (χ0n) is 19.9. The first kappa shape index (κ1) is 29.8. The molecule has 1 rings (SSSR count). The summed E-state index contributed by atoms with van der Waals surface area (Å²) in [5.41, 5.74) is 21.7. The zero-order valence-corrected chi connectivity index (χ0v) is 19.9. The van der Waals surface area contributed by atoms with Crippen molar-refractivity contribution in [1.82, 2.24) is 25.9 Å². The summed E-state index contributed by atoms with van der Waals surface area (Å²) in [5, 5.41) is 16.7. The Hall–Kier alpha value is -4.21. The van der Waals surface area contributed by atoms with Gasteiger partial charge in [-0.3, -0.25) is 24.2 Å². The number of nitrogens with one attached hydrogen (secondary N) is 4. The van der Waals surface area contributed by atoms with E-state index in [9.17, 15) is 29.1 Å². The first-order valence-electron chi connectivity index (χ1n) is 11.1. The summed E-state index contributed by atoms with van der Waals surface area (Å²) in [7, 11) is 0. The average molecular weight is 511 g/mol. The minimum Gasteiger partial charge on any atom is -0.480 e. The molecule has 16 nitrogen and oxygen atoms in total. The van der Waals surface area contributed by atoms with Crippen molar-refractivity contribution in [2.24, 2.45) is 27.9 Å². The summed E-state index contributed by atoms with van der Waals surface area (Å²) in [6.07, 6.45) is 2.67. The molecule has 0 saturated heterocycles. The molecule has 1 aromatic heterocycles. The number of imidazole rings is 1. The molecule has 200 valence electrons.